The van der Waals surface area contributed by atoms with Crippen molar-refractivity contribution < 1.29 is 4.79 Å². The number of nitrogens with two attached hydrogens (primary N) is 1. The van der Waals surface area contributed by atoms with Crippen molar-refractivity contribution in [2.75, 3.05) is 4.90 Å². The number of ketones is 1. The number of carbonyl (C=O) groups excluding carboxylic acids is 1. The lowest BCUT2D eigenvalue weighted by atomic mass is 9.74. The average Bonchev–Trinajstić information content (AvgIpc) is 2.91. The molecular formula is C32H30BrN3OS. The van der Waals surface area contributed by atoms with Crippen LogP contribution in [0.25, 0.3) is 0 Å². The Bertz CT molecular complexity index is 1500. The lowest BCUT2D eigenvalue weighted by Crippen LogP contribution is -2.39. The largest absolute Gasteiger partial charge is 0.384 e. The van der Waals surface area contributed by atoms with Gasteiger partial charge in [0.15, 0.2) is 5.78 Å². The first kappa shape index (κ1) is 26.3. The summed E-state index contributed by atoms with van der Waals surface area (Å²) in [5.41, 5.74) is 15.5. The second-order valence-corrected chi connectivity index (χ2v) is 11.7. The molecule has 1 unspecified atom stereocenters. The summed E-state index contributed by atoms with van der Waals surface area (Å²) in [6.45, 7) is 4.21. The summed E-state index contributed by atoms with van der Waals surface area (Å²) in [4.78, 5) is 15.5. The fraction of sp³-hybridized carbons (Fsp3) is 0.250. The molecule has 5 rings (SSSR count). The summed E-state index contributed by atoms with van der Waals surface area (Å²) in [5, 5.41) is 10.4. The third-order valence-electron chi connectivity index (χ3n) is 7.41. The summed E-state index contributed by atoms with van der Waals surface area (Å²) in [6.07, 6.45) is 2.00. The molecule has 0 spiro atoms. The molecule has 38 heavy (non-hydrogen) atoms. The number of benzene rings is 3. The first-order chi connectivity index (χ1) is 18.4. The van der Waals surface area contributed by atoms with Crippen LogP contribution in [0.3, 0.4) is 0 Å². The van der Waals surface area contributed by atoms with E-state index in [1.807, 2.05) is 47.0 Å². The third kappa shape index (κ3) is 4.93. The zero-order chi connectivity index (χ0) is 26.8. The Kier molecular flexibility index (Phi) is 7.78. The Morgan fingerprint density at radius 2 is 1.76 bits per heavy atom. The van der Waals surface area contributed by atoms with E-state index in [9.17, 15) is 10.1 Å². The highest BCUT2D eigenvalue weighted by Crippen LogP contribution is 2.48. The molecule has 192 valence electrons. The number of nitrogens with zero attached hydrogens (tertiary/aromatic N) is 2. The van der Waals surface area contributed by atoms with E-state index in [4.69, 9.17) is 5.73 Å². The first-order valence-electron chi connectivity index (χ1n) is 12.8. The van der Waals surface area contributed by atoms with Gasteiger partial charge in [0.25, 0.3) is 0 Å². The number of nitriles is 1. The number of para-hydroxylation sites is 1. The van der Waals surface area contributed by atoms with Gasteiger partial charge < -0.3 is 5.73 Å². The summed E-state index contributed by atoms with van der Waals surface area (Å²) in [5.74, 6) is 1.83. The normalized spacial score (nSPS) is 17.5. The molecule has 6 heteroatoms. The van der Waals surface area contributed by atoms with Gasteiger partial charge in [-0.25, -0.2) is 0 Å². The van der Waals surface area contributed by atoms with E-state index in [1.165, 1.54) is 16.7 Å². The van der Waals surface area contributed by atoms with Crippen LogP contribution in [-0.2, 0) is 16.3 Å². The third-order valence-corrected chi connectivity index (χ3v) is 9.13. The van der Waals surface area contributed by atoms with Crippen molar-refractivity contribution in [1.29, 1.82) is 5.26 Å². The van der Waals surface area contributed by atoms with Gasteiger partial charge in [0.2, 0.25) is 0 Å². The summed E-state index contributed by atoms with van der Waals surface area (Å²) >= 11 is 5.52. The van der Waals surface area contributed by atoms with Crippen LogP contribution in [0.1, 0.15) is 53.0 Å². The Hall–Kier alpha value is -3.27. The quantitative estimate of drug-likeness (QED) is 0.320. The summed E-state index contributed by atoms with van der Waals surface area (Å²) < 4.78 is 0.868. The molecule has 0 saturated carbocycles. The fourth-order valence-corrected chi connectivity index (χ4v) is 7.06. The van der Waals surface area contributed by atoms with Crippen LogP contribution < -0.4 is 10.6 Å². The molecule has 4 nitrogen and oxygen atoms in total. The number of Topliss-reactive ketones (excluding diaryl/α,β-unsaturated/α-hetero) is 1. The summed E-state index contributed by atoms with van der Waals surface area (Å²) in [7, 11) is 0. The zero-order valence-corrected chi connectivity index (χ0v) is 24.0. The number of halogens is 1. The van der Waals surface area contributed by atoms with Crippen LogP contribution in [0.5, 0.6) is 0 Å². The van der Waals surface area contributed by atoms with Gasteiger partial charge in [0, 0.05) is 33.7 Å². The molecule has 0 aromatic heterocycles. The molecule has 1 aliphatic heterocycles. The minimum atomic E-state index is -0.458. The topological polar surface area (TPSA) is 70.1 Å². The van der Waals surface area contributed by atoms with Crippen molar-refractivity contribution in [3.05, 3.63) is 122 Å². The lowest BCUT2D eigenvalue weighted by molar-refractivity contribution is -0.116. The van der Waals surface area contributed by atoms with Gasteiger partial charge in [-0.2, -0.15) is 17.0 Å². The highest BCUT2D eigenvalue weighted by molar-refractivity contribution is 9.10. The molecule has 2 N–H and O–H groups in total. The molecule has 1 atom stereocenters. The molecular weight excluding hydrogens is 554 g/mol. The number of thioether (sulfide) groups is 1. The van der Waals surface area contributed by atoms with Crippen molar-refractivity contribution in [3.8, 4) is 6.07 Å². The number of allylic oxidation sites excluding steroid dienone is 3. The molecule has 2 aliphatic rings. The number of hydrogen-bond acceptors (Lipinski definition) is 5. The van der Waals surface area contributed by atoms with Crippen molar-refractivity contribution in [3.63, 3.8) is 0 Å². The van der Waals surface area contributed by atoms with E-state index in [0.717, 1.165) is 51.3 Å². The highest BCUT2D eigenvalue weighted by atomic mass is 79.9. The second kappa shape index (κ2) is 11.2. The SMILES string of the molecule is Cc1cc(C)c(C2C(C#N)=C(N)N(c3ccccc3Br)C3=C2C(=O)CCC3)cc1CSCc1ccccc1. The highest BCUT2D eigenvalue weighted by Gasteiger charge is 2.41. The predicted octanol–water partition coefficient (Wildman–Crippen LogP) is 7.80. The van der Waals surface area contributed by atoms with Crippen LogP contribution >= 0.6 is 27.7 Å². The van der Waals surface area contributed by atoms with Gasteiger partial charge in [-0.1, -0.05) is 54.6 Å². The van der Waals surface area contributed by atoms with Gasteiger partial charge in [-0.05, 0) is 82.6 Å². The van der Waals surface area contributed by atoms with Gasteiger partial charge in [0.05, 0.1) is 23.2 Å². The fourth-order valence-electron chi connectivity index (χ4n) is 5.54. The Balaban J connectivity index is 1.59. The Morgan fingerprint density at radius 3 is 2.50 bits per heavy atom. The molecule has 0 saturated heterocycles. The zero-order valence-electron chi connectivity index (χ0n) is 21.6. The lowest BCUT2D eigenvalue weighted by Gasteiger charge is -2.40. The maximum atomic E-state index is 13.6. The monoisotopic (exact) mass is 583 g/mol. The maximum absolute atomic E-state index is 13.6. The van der Waals surface area contributed by atoms with Crippen LogP contribution in [-0.4, -0.2) is 5.78 Å². The van der Waals surface area contributed by atoms with Crippen molar-refractivity contribution >= 4 is 39.2 Å². The van der Waals surface area contributed by atoms with Crippen LogP contribution in [0, 0.1) is 25.2 Å². The number of carbonyl (C=O) groups is 1. The van der Waals surface area contributed by atoms with Crippen molar-refractivity contribution in [2.45, 2.75) is 50.5 Å². The number of anilines is 1. The standard InChI is InChI=1S/C32H30BrN3OS/c1-20-15-21(2)24(16-23(20)19-38-18-22-9-4-3-5-10-22)30-25(17-34)32(35)36(27-12-7-6-11-26(27)33)28-13-8-14-29(37)31(28)30/h3-7,9-12,15-16,30H,8,13-14,18-19,35H2,1-2H3. The van der Waals surface area contributed by atoms with Gasteiger partial charge in [-0.3, -0.25) is 9.69 Å². The Labute approximate surface area is 237 Å². The second-order valence-electron chi connectivity index (χ2n) is 9.88. The van der Waals surface area contributed by atoms with E-state index in [0.29, 0.717) is 23.4 Å². The van der Waals surface area contributed by atoms with E-state index >= 15 is 0 Å². The van der Waals surface area contributed by atoms with Crippen LogP contribution in [0.2, 0.25) is 0 Å². The average molecular weight is 585 g/mol. The first-order valence-corrected chi connectivity index (χ1v) is 14.8. The molecule has 0 radical (unpaired) electrons. The van der Waals surface area contributed by atoms with Gasteiger partial charge >= 0.3 is 0 Å². The molecule has 0 fully saturated rings. The number of hydrogen-bond donors (Lipinski definition) is 1. The molecule has 1 aliphatic carbocycles. The van der Waals surface area contributed by atoms with Gasteiger partial charge in [-0.15, -0.1) is 0 Å². The number of rotatable bonds is 6. The van der Waals surface area contributed by atoms with Gasteiger partial charge in [0.1, 0.15) is 5.82 Å². The van der Waals surface area contributed by atoms with E-state index < -0.39 is 5.92 Å². The van der Waals surface area contributed by atoms with E-state index in [-0.39, 0.29) is 5.78 Å². The van der Waals surface area contributed by atoms with Crippen molar-refractivity contribution in [2.24, 2.45) is 5.73 Å². The molecule has 3 aromatic rings. The molecule has 1 heterocycles. The van der Waals surface area contributed by atoms with Crippen LogP contribution in [0.15, 0.2) is 93.9 Å². The predicted molar refractivity (Wildman–Crippen MR) is 159 cm³/mol. The minimum Gasteiger partial charge on any atom is -0.384 e. The Morgan fingerprint density at radius 1 is 1.03 bits per heavy atom. The molecule has 0 bridgehead atoms. The van der Waals surface area contributed by atoms with E-state index in [2.05, 4.69) is 72.2 Å². The number of aryl methyl sites for hydroxylation is 2. The van der Waals surface area contributed by atoms with Crippen LogP contribution in [0.4, 0.5) is 5.69 Å². The molecule has 0 amide bonds. The smallest absolute Gasteiger partial charge is 0.161 e. The van der Waals surface area contributed by atoms with E-state index in [1.54, 1.807) is 0 Å². The maximum Gasteiger partial charge on any atom is 0.161 e. The molecule has 3 aromatic carbocycles. The minimum absolute atomic E-state index is 0.105. The van der Waals surface area contributed by atoms with Crippen molar-refractivity contribution in [1.82, 2.24) is 0 Å². The summed E-state index contributed by atoms with van der Waals surface area (Å²) in [6, 6.07) is 25.1.